The number of halogens is 1. The van der Waals surface area contributed by atoms with E-state index in [0.29, 0.717) is 0 Å². The molecule has 19 heavy (non-hydrogen) atoms. The molecule has 1 amide bonds. The van der Waals surface area contributed by atoms with Crippen LogP contribution in [-0.4, -0.2) is 21.9 Å². The Balaban J connectivity index is 2.64. The molecular weight excluding hydrogens is 267 g/mol. The fourth-order valence-corrected chi connectivity index (χ4v) is 2.78. The van der Waals surface area contributed by atoms with Crippen LogP contribution in [0, 0.1) is 5.82 Å². The van der Waals surface area contributed by atoms with Crippen LogP contribution in [0.15, 0.2) is 23.1 Å². The highest BCUT2D eigenvalue weighted by atomic mass is 32.2. The van der Waals surface area contributed by atoms with Crippen LogP contribution < -0.4 is 11.1 Å². The number of nitrogen functional groups attached to an aromatic ring is 1. The molecule has 0 heterocycles. The van der Waals surface area contributed by atoms with Gasteiger partial charge in [-0.05, 0) is 31.5 Å². The molecule has 0 saturated heterocycles. The lowest BCUT2D eigenvalue weighted by Gasteiger charge is -2.12. The van der Waals surface area contributed by atoms with Gasteiger partial charge in [-0.1, -0.05) is 13.3 Å². The number of amides is 1. The van der Waals surface area contributed by atoms with Crippen molar-refractivity contribution < 1.29 is 13.4 Å². The van der Waals surface area contributed by atoms with Crippen molar-refractivity contribution in [1.82, 2.24) is 5.32 Å². The van der Waals surface area contributed by atoms with Gasteiger partial charge in [-0.3, -0.25) is 9.00 Å². The van der Waals surface area contributed by atoms with Gasteiger partial charge in [0.05, 0.1) is 15.7 Å². The van der Waals surface area contributed by atoms with E-state index < -0.39 is 16.6 Å². The Morgan fingerprint density at radius 1 is 1.53 bits per heavy atom. The fourth-order valence-electron chi connectivity index (χ4n) is 1.72. The smallest absolute Gasteiger partial charge is 0.233 e. The van der Waals surface area contributed by atoms with Crippen LogP contribution in [0.3, 0.4) is 0 Å². The summed E-state index contributed by atoms with van der Waals surface area (Å²) in [6.07, 6.45) is 1.82. The molecule has 0 radical (unpaired) electrons. The highest BCUT2D eigenvalue weighted by Gasteiger charge is 2.15. The molecule has 1 rings (SSSR count). The number of rotatable bonds is 6. The van der Waals surface area contributed by atoms with E-state index in [4.69, 9.17) is 5.73 Å². The third-order valence-electron chi connectivity index (χ3n) is 2.61. The fraction of sp³-hybridized carbons (Fsp3) is 0.462. The molecule has 2 atom stereocenters. The van der Waals surface area contributed by atoms with E-state index in [1.807, 2.05) is 13.8 Å². The van der Waals surface area contributed by atoms with E-state index in [0.717, 1.165) is 18.9 Å². The van der Waals surface area contributed by atoms with Crippen LogP contribution in [0.4, 0.5) is 10.1 Å². The van der Waals surface area contributed by atoms with Gasteiger partial charge in [0.1, 0.15) is 11.6 Å². The van der Waals surface area contributed by atoms with E-state index in [1.165, 1.54) is 12.1 Å². The number of hydrogen-bond donors (Lipinski definition) is 2. The van der Waals surface area contributed by atoms with E-state index in [1.54, 1.807) is 0 Å². The lowest BCUT2D eigenvalue weighted by molar-refractivity contribution is -0.119. The lowest BCUT2D eigenvalue weighted by atomic mass is 10.2. The zero-order valence-electron chi connectivity index (χ0n) is 11.1. The van der Waals surface area contributed by atoms with Crippen molar-refractivity contribution in [2.45, 2.75) is 37.6 Å². The van der Waals surface area contributed by atoms with E-state index in [9.17, 15) is 13.4 Å². The molecule has 1 aromatic rings. The summed E-state index contributed by atoms with van der Waals surface area (Å²) in [5.74, 6) is -1.04. The zero-order valence-corrected chi connectivity index (χ0v) is 11.9. The summed E-state index contributed by atoms with van der Waals surface area (Å²) in [4.78, 5) is 11.8. The van der Waals surface area contributed by atoms with Gasteiger partial charge in [0.25, 0.3) is 0 Å². The Morgan fingerprint density at radius 3 is 2.84 bits per heavy atom. The van der Waals surface area contributed by atoms with Gasteiger partial charge >= 0.3 is 0 Å². The van der Waals surface area contributed by atoms with Crippen molar-refractivity contribution in [2.24, 2.45) is 0 Å². The minimum atomic E-state index is -1.63. The predicted molar refractivity (Wildman–Crippen MR) is 74.6 cm³/mol. The molecule has 4 nitrogen and oxygen atoms in total. The molecule has 1 aromatic carbocycles. The number of carbonyl (C=O) groups is 1. The first-order valence-electron chi connectivity index (χ1n) is 6.16. The Morgan fingerprint density at radius 2 is 2.21 bits per heavy atom. The lowest BCUT2D eigenvalue weighted by Crippen LogP contribution is -2.35. The van der Waals surface area contributed by atoms with Gasteiger partial charge in [0.15, 0.2) is 0 Å². The normalized spacial score (nSPS) is 13.8. The molecule has 106 valence electrons. The van der Waals surface area contributed by atoms with Crippen molar-refractivity contribution in [3.05, 3.63) is 24.0 Å². The third kappa shape index (κ3) is 4.98. The second-order valence-electron chi connectivity index (χ2n) is 4.43. The van der Waals surface area contributed by atoms with Gasteiger partial charge < -0.3 is 11.1 Å². The van der Waals surface area contributed by atoms with Crippen LogP contribution in [-0.2, 0) is 15.6 Å². The molecule has 0 aliphatic rings. The topological polar surface area (TPSA) is 72.2 Å². The summed E-state index contributed by atoms with van der Waals surface area (Å²) in [6.45, 7) is 3.91. The predicted octanol–water partition coefficient (Wildman–Crippen LogP) is 1.82. The van der Waals surface area contributed by atoms with Crippen LogP contribution in [0.5, 0.6) is 0 Å². The monoisotopic (exact) mass is 286 g/mol. The van der Waals surface area contributed by atoms with Gasteiger partial charge in [0, 0.05) is 11.7 Å². The summed E-state index contributed by atoms with van der Waals surface area (Å²) < 4.78 is 25.0. The van der Waals surface area contributed by atoms with Crippen LogP contribution in [0.25, 0.3) is 0 Å². The molecule has 3 N–H and O–H groups in total. The first kappa shape index (κ1) is 15.6. The summed E-state index contributed by atoms with van der Waals surface area (Å²) in [7, 11) is -1.63. The summed E-state index contributed by atoms with van der Waals surface area (Å²) in [6, 6.07) is 3.69. The Bertz CT molecular complexity index is 480. The second-order valence-corrected chi connectivity index (χ2v) is 5.85. The molecule has 0 spiro atoms. The molecule has 6 heteroatoms. The highest BCUT2D eigenvalue weighted by molar-refractivity contribution is 7.86. The maximum Gasteiger partial charge on any atom is 0.233 e. The minimum Gasteiger partial charge on any atom is -0.398 e. The maximum absolute atomic E-state index is 13.1. The first-order chi connectivity index (χ1) is 8.93. The van der Waals surface area contributed by atoms with Gasteiger partial charge in [-0.2, -0.15) is 0 Å². The average molecular weight is 286 g/mol. The molecule has 0 aliphatic heterocycles. The standard InChI is InChI=1S/C13H19FN2O2S/c1-3-4-9(2)16-13(17)8-19(18)12-7-10(14)5-6-11(12)15/h5-7,9H,3-4,8,15H2,1-2H3,(H,16,17). The molecule has 0 saturated carbocycles. The largest absolute Gasteiger partial charge is 0.398 e. The van der Waals surface area contributed by atoms with E-state index in [-0.39, 0.29) is 28.3 Å². The Labute approximate surface area is 115 Å². The Kier molecular flexibility index (Phi) is 5.95. The summed E-state index contributed by atoms with van der Waals surface area (Å²) in [5.41, 5.74) is 5.85. The number of nitrogens with one attached hydrogen (secondary N) is 1. The quantitative estimate of drug-likeness (QED) is 0.784. The highest BCUT2D eigenvalue weighted by Crippen LogP contribution is 2.17. The second kappa shape index (κ2) is 7.23. The third-order valence-corrected chi connectivity index (χ3v) is 3.98. The van der Waals surface area contributed by atoms with E-state index in [2.05, 4.69) is 5.32 Å². The van der Waals surface area contributed by atoms with Crippen molar-refractivity contribution in [2.75, 3.05) is 11.5 Å². The van der Waals surface area contributed by atoms with Crippen molar-refractivity contribution in [1.29, 1.82) is 0 Å². The Hall–Kier alpha value is -1.43. The zero-order chi connectivity index (χ0) is 14.4. The number of carbonyl (C=O) groups excluding carboxylic acids is 1. The number of benzene rings is 1. The average Bonchev–Trinajstić information content (AvgIpc) is 2.32. The molecule has 0 aromatic heterocycles. The van der Waals surface area contributed by atoms with Crippen LogP contribution in [0.1, 0.15) is 26.7 Å². The maximum atomic E-state index is 13.1. The van der Waals surface area contributed by atoms with Crippen molar-refractivity contribution >= 4 is 22.4 Å². The number of hydrogen-bond acceptors (Lipinski definition) is 3. The van der Waals surface area contributed by atoms with Crippen molar-refractivity contribution in [3.63, 3.8) is 0 Å². The number of anilines is 1. The van der Waals surface area contributed by atoms with Gasteiger partial charge in [-0.25, -0.2) is 4.39 Å². The van der Waals surface area contributed by atoms with Gasteiger partial charge in [-0.15, -0.1) is 0 Å². The first-order valence-corrected chi connectivity index (χ1v) is 7.48. The molecule has 0 bridgehead atoms. The van der Waals surface area contributed by atoms with E-state index >= 15 is 0 Å². The van der Waals surface area contributed by atoms with Crippen molar-refractivity contribution in [3.8, 4) is 0 Å². The molecular formula is C13H19FN2O2S. The minimum absolute atomic E-state index is 0.0411. The molecule has 0 aliphatic carbocycles. The summed E-state index contributed by atoms with van der Waals surface area (Å²) >= 11 is 0. The molecule has 0 fully saturated rings. The number of nitrogens with two attached hydrogens (primary N) is 1. The summed E-state index contributed by atoms with van der Waals surface area (Å²) in [5, 5.41) is 2.75. The van der Waals surface area contributed by atoms with Crippen LogP contribution in [0.2, 0.25) is 0 Å². The molecule has 2 unspecified atom stereocenters. The van der Waals surface area contributed by atoms with Gasteiger partial charge in [0.2, 0.25) is 5.91 Å². The SMILES string of the molecule is CCCC(C)NC(=O)CS(=O)c1cc(F)ccc1N. The van der Waals surface area contributed by atoms with Crippen LogP contribution >= 0.6 is 0 Å².